The van der Waals surface area contributed by atoms with E-state index < -0.39 is 119 Å². The molecule has 29 nitrogen and oxygen atoms in total. The van der Waals surface area contributed by atoms with Crippen molar-refractivity contribution in [3.05, 3.63) is 30.1 Å². The number of rotatable bonds is 44. The number of hydrogen-bond acceptors (Lipinski definition) is 15. The topological polar surface area (TPSA) is 507 Å². The molecule has 0 saturated carbocycles. The summed E-state index contributed by atoms with van der Waals surface area (Å²) in [5, 5.41) is 31.7. The summed E-state index contributed by atoms with van der Waals surface area (Å²) in [4.78, 5) is 146. The van der Waals surface area contributed by atoms with Crippen LogP contribution in [0.15, 0.2) is 34.4 Å². The van der Waals surface area contributed by atoms with Crippen LogP contribution in [0.5, 0.6) is 0 Å². The average molecular weight is 1230 g/mol. The van der Waals surface area contributed by atoms with Crippen molar-refractivity contribution in [2.75, 3.05) is 19.7 Å². The molecule has 0 aliphatic rings. The quantitative estimate of drug-likeness (QED) is 0.0208. The Kier molecular flexibility index (Phi) is 35.5. The Morgan fingerprint density at radius 3 is 1.39 bits per heavy atom. The van der Waals surface area contributed by atoms with Gasteiger partial charge >= 0.3 is 0 Å². The lowest BCUT2D eigenvalue weighted by Crippen LogP contribution is -2.64. The molecule has 0 aromatic carbocycles. The van der Waals surface area contributed by atoms with Crippen LogP contribution in [-0.2, 0) is 43.2 Å². The minimum atomic E-state index is -1.73. The van der Waals surface area contributed by atoms with Crippen LogP contribution in [0.1, 0.15) is 182 Å². The SMILES string of the molecule is CC(C)CC(NC(=O)C(N)CCCN=C(N)N)C(=O)NC(CC(C)C)C(=O)NC(C)(CCCCCCCCCCC(C)(NC(=O)C(CO)NC(=O)C(C)NC(=O)c1ccccn1)C(=O)NC(CC(C)C)C(=O)NC(CCCN=C(N)N)C(N)=O)C(N)=O. The average Bonchev–Trinajstić information content (AvgIpc) is 2.89. The molecule has 1 aromatic heterocycles. The van der Waals surface area contributed by atoms with Gasteiger partial charge in [0.15, 0.2) is 11.9 Å². The number of amides is 10. The molecule has 0 fully saturated rings. The number of aromatic nitrogens is 1. The lowest BCUT2D eigenvalue weighted by Gasteiger charge is -2.33. The second kappa shape index (κ2) is 39.9. The van der Waals surface area contributed by atoms with Crippen molar-refractivity contribution in [3.8, 4) is 0 Å². The van der Waals surface area contributed by atoms with Crippen molar-refractivity contribution < 1.29 is 53.1 Å². The lowest BCUT2D eigenvalue weighted by atomic mass is 9.90. The summed E-state index contributed by atoms with van der Waals surface area (Å²) in [5.74, 6) is -7.59. The van der Waals surface area contributed by atoms with Gasteiger partial charge in [-0.3, -0.25) is 62.9 Å². The number of aliphatic hydroxyl groups excluding tert-OH is 1. The van der Waals surface area contributed by atoms with Crippen LogP contribution in [0.4, 0.5) is 0 Å². The van der Waals surface area contributed by atoms with E-state index >= 15 is 0 Å². The van der Waals surface area contributed by atoms with E-state index in [0.717, 1.165) is 19.3 Å². The van der Waals surface area contributed by atoms with Gasteiger partial charge in [0.2, 0.25) is 53.2 Å². The number of pyridine rings is 1. The standard InChI is InChI=1S/C58H104N18O11/c1-34(2)30-41(71-47(80)38(59)22-20-28-67-55(62)63)49(82)72-43(32-36(5)6)51(84)75-57(8,53(61)86)25-17-14-12-10-11-13-15-18-26-58(9,76-52(85)44(33-77)73-46(79)37(7)69-48(81)40-23-16-19-27-66-40)54(87)74-42(31-35(3)4)50(83)70-39(45(60)78)24-21-29-68-56(64)65/h16,19,23,27,34-39,41-44,77H,10-15,17-18,20-22,24-26,28-33,59H2,1-9H3,(H2,60,78)(H2,61,86)(H,69,81)(H,70,83)(H,71,80)(H,72,82)(H,73,79)(H,74,87)(H,75,84)(H,76,85)(H4,62,63,67)(H4,64,65,68). The highest BCUT2D eigenvalue weighted by Gasteiger charge is 2.40. The summed E-state index contributed by atoms with van der Waals surface area (Å²) >= 11 is 0. The van der Waals surface area contributed by atoms with Gasteiger partial charge in [0, 0.05) is 19.3 Å². The van der Waals surface area contributed by atoms with Crippen molar-refractivity contribution in [1.29, 1.82) is 0 Å². The lowest BCUT2D eigenvalue weighted by molar-refractivity contribution is -0.138. The number of nitrogens with zero attached hydrogens (tertiary/aromatic N) is 3. The second-order valence-electron chi connectivity index (χ2n) is 24.0. The molecule has 0 bridgehead atoms. The van der Waals surface area contributed by atoms with E-state index in [9.17, 15) is 53.1 Å². The maximum absolute atomic E-state index is 14.5. The highest BCUT2D eigenvalue weighted by atomic mass is 16.3. The Labute approximate surface area is 512 Å². The molecule has 9 atom stereocenters. The van der Waals surface area contributed by atoms with Gasteiger partial charge in [-0.05, 0) is 108 Å². The van der Waals surface area contributed by atoms with Gasteiger partial charge in [-0.2, -0.15) is 0 Å². The van der Waals surface area contributed by atoms with Crippen LogP contribution in [0.2, 0.25) is 0 Å². The number of carbonyl (C=O) groups excluding carboxylic acids is 10. The fourth-order valence-corrected chi connectivity index (χ4v) is 9.23. The van der Waals surface area contributed by atoms with E-state index in [0.29, 0.717) is 44.9 Å². The van der Waals surface area contributed by atoms with Gasteiger partial charge in [0.05, 0.1) is 12.6 Å². The molecule has 9 unspecified atom stereocenters. The first-order valence-corrected chi connectivity index (χ1v) is 30.2. The molecular weight excluding hydrogens is 1120 g/mol. The normalized spacial score (nSPS) is 15.1. The Balaban J connectivity index is 3.13. The molecular formula is C58H104N18O11. The molecule has 492 valence electrons. The molecule has 0 saturated heterocycles. The maximum Gasteiger partial charge on any atom is 0.270 e. The highest BCUT2D eigenvalue weighted by Crippen LogP contribution is 2.22. The van der Waals surface area contributed by atoms with Crippen LogP contribution in [0, 0.1) is 17.8 Å². The van der Waals surface area contributed by atoms with Crippen LogP contribution in [-0.4, -0.2) is 154 Å². The van der Waals surface area contributed by atoms with Crippen molar-refractivity contribution in [1.82, 2.24) is 47.5 Å². The molecule has 1 heterocycles. The minimum Gasteiger partial charge on any atom is -0.394 e. The first kappa shape index (κ1) is 77.3. The van der Waals surface area contributed by atoms with E-state index in [-0.39, 0.29) is 93.4 Å². The van der Waals surface area contributed by atoms with Gasteiger partial charge in [-0.25, -0.2) is 0 Å². The number of nitrogens with two attached hydrogens (primary N) is 7. The second-order valence-corrected chi connectivity index (χ2v) is 24.0. The Morgan fingerprint density at radius 1 is 0.506 bits per heavy atom. The highest BCUT2D eigenvalue weighted by molar-refractivity contribution is 6.00. The van der Waals surface area contributed by atoms with Gasteiger partial charge < -0.3 is 87.8 Å². The van der Waals surface area contributed by atoms with Crippen molar-refractivity contribution in [2.24, 2.45) is 67.9 Å². The number of carbonyl (C=O) groups is 10. The molecule has 29 heteroatoms. The molecule has 1 aromatic rings. The molecule has 0 spiro atoms. The van der Waals surface area contributed by atoms with Crippen LogP contribution in [0.3, 0.4) is 0 Å². The van der Waals surface area contributed by atoms with Crippen LogP contribution >= 0.6 is 0 Å². The smallest absolute Gasteiger partial charge is 0.270 e. The summed E-state index contributed by atoms with van der Waals surface area (Å²) in [6, 6.07) is -3.41. The van der Waals surface area contributed by atoms with E-state index in [2.05, 4.69) is 57.5 Å². The first-order chi connectivity index (χ1) is 40.7. The Bertz CT molecular complexity index is 2440. The number of aliphatic hydroxyl groups is 1. The number of primary amides is 2. The zero-order chi connectivity index (χ0) is 66.0. The molecule has 0 radical (unpaired) electrons. The monoisotopic (exact) mass is 1230 g/mol. The van der Waals surface area contributed by atoms with Crippen molar-refractivity contribution in [3.63, 3.8) is 0 Å². The summed E-state index contributed by atoms with van der Waals surface area (Å²) in [6.45, 7) is 15.1. The molecule has 0 aliphatic heterocycles. The van der Waals surface area contributed by atoms with Gasteiger partial charge in [0.25, 0.3) is 5.91 Å². The molecule has 0 aliphatic carbocycles. The molecule has 87 heavy (non-hydrogen) atoms. The zero-order valence-electron chi connectivity index (χ0n) is 52.6. The number of unbranched alkanes of at least 4 members (excludes halogenated alkanes) is 7. The van der Waals surface area contributed by atoms with Crippen molar-refractivity contribution in [2.45, 2.75) is 225 Å². The number of guanidine groups is 2. The van der Waals surface area contributed by atoms with Crippen molar-refractivity contribution >= 4 is 71.0 Å². The minimum absolute atomic E-state index is 0.0152. The predicted octanol–water partition coefficient (Wildman–Crippen LogP) is -1.19. The van der Waals surface area contributed by atoms with E-state index in [1.54, 1.807) is 19.1 Å². The summed E-state index contributed by atoms with van der Waals surface area (Å²) < 4.78 is 0. The van der Waals surface area contributed by atoms with Gasteiger partial charge in [-0.1, -0.05) is 99.0 Å². The number of nitrogens with one attached hydrogen (secondary N) is 8. The third-order valence-electron chi connectivity index (χ3n) is 14.3. The molecule has 10 amide bonds. The van der Waals surface area contributed by atoms with Crippen LogP contribution < -0.4 is 82.7 Å². The third-order valence-corrected chi connectivity index (χ3v) is 14.3. The summed E-state index contributed by atoms with van der Waals surface area (Å²) in [5.41, 5.74) is 36.1. The zero-order valence-corrected chi connectivity index (χ0v) is 52.6. The van der Waals surface area contributed by atoms with E-state index in [1.165, 1.54) is 26.1 Å². The van der Waals surface area contributed by atoms with Gasteiger partial charge in [-0.15, -0.1) is 0 Å². The summed E-state index contributed by atoms with van der Waals surface area (Å²) in [7, 11) is 0. The number of hydrogen-bond donors (Lipinski definition) is 16. The molecule has 1 rings (SSSR count). The fourth-order valence-electron chi connectivity index (χ4n) is 9.23. The third kappa shape index (κ3) is 31.0. The molecule has 23 N–H and O–H groups in total. The first-order valence-electron chi connectivity index (χ1n) is 30.2. The maximum atomic E-state index is 14.5. The van der Waals surface area contributed by atoms with Crippen LogP contribution in [0.25, 0.3) is 0 Å². The largest absolute Gasteiger partial charge is 0.394 e. The van der Waals surface area contributed by atoms with Gasteiger partial charge in [0.1, 0.15) is 53.0 Å². The van der Waals surface area contributed by atoms with E-state index in [4.69, 9.17) is 40.1 Å². The fraction of sp³-hybridized carbons (Fsp3) is 0.707. The summed E-state index contributed by atoms with van der Waals surface area (Å²) in [6.07, 6.45) is 8.62. The number of aliphatic imine (C=N–C) groups is 2. The Morgan fingerprint density at radius 2 is 0.931 bits per heavy atom. The predicted molar refractivity (Wildman–Crippen MR) is 332 cm³/mol. The Hall–Kier alpha value is -7.69. The van der Waals surface area contributed by atoms with E-state index in [1.807, 2.05) is 41.5 Å².